The lowest BCUT2D eigenvalue weighted by atomic mass is 10.1. The molecule has 32 heavy (non-hydrogen) atoms. The first kappa shape index (κ1) is 23.2. The van der Waals surface area contributed by atoms with Crippen molar-refractivity contribution >= 4 is 21.9 Å². The molecule has 3 rings (SSSR count). The molecule has 1 amide bonds. The highest BCUT2D eigenvalue weighted by Crippen LogP contribution is 2.18. The number of primary sulfonamides is 1. The minimum Gasteiger partial charge on any atom is -0.462 e. The largest absolute Gasteiger partial charge is 0.462 e. The number of amides is 1. The molecule has 0 saturated heterocycles. The van der Waals surface area contributed by atoms with Gasteiger partial charge in [-0.3, -0.25) is 4.79 Å². The summed E-state index contributed by atoms with van der Waals surface area (Å²) in [6.07, 6.45) is 1.46. The number of benzene rings is 2. The van der Waals surface area contributed by atoms with Gasteiger partial charge in [-0.25, -0.2) is 23.0 Å². The van der Waals surface area contributed by atoms with Crippen molar-refractivity contribution in [3.63, 3.8) is 0 Å². The van der Waals surface area contributed by atoms with Crippen molar-refractivity contribution < 1.29 is 22.7 Å². The number of rotatable bonds is 7. The molecule has 0 bridgehead atoms. The lowest BCUT2D eigenvalue weighted by molar-refractivity contribution is 0.0525. The van der Waals surface area contributed by atoms with E-state index in [1.54, 1.807) is 61.9 Å². The number of hydrogen-bond acceptors (Lipinski definition) is 6. The Morgan fingerprint density at radius 1 is 1.12 bits per heavy atom. The van der Waals surface area contributed by atoms with Crippen LogP contribution in [-0.4, -0.2) is 36.7 Å². The van der Waals surface area contributed by atoms with Gasteiger partial charge in [-0.05, 0) is 62.7 Å². The van der Waals surface area contributed by atoms with Gasteiger partial charge in [0, 0.05) is 5.56 Å². The maximum Gasteiger partial charge on any atom is 0.341 e. The third-order valence-electron chi connectivity index (χ3n) is 4.94. The van der Waals surface area contributed by atoms with Crippen molar-refractivity contribution in [1.82, 2.24) is 15.1 Å². The molecule has 1 unspecified atom stereocenters. The van der Waals surface area contributed by atoms with Gasteiger partial charge in [0.05, 0.1) is 35.1 Å². The highest BCUT2D eigenvalue weighted by atomic mass is 32.2. The van der Waals surface area contributed by atoms with Crippen LogP contribution >= 0.6 is 0 Å². The molecular weight excluding hydrogens is 432 g/mol. The first-order valence-corrected chi connectivity index (χ1v) is 11.4. The SMILES string of the molecule is CCOC(=O)c1cnn(-c2ccc(C(=O)NC(C)c3ccc(S(N)(=O)=O)cc3)cc2)c1C. The van der Waals surface area contributed by atoms with Gasteiger partial charge in [0.25, 0.3) is 5.91 Å². The minimum atomic E-state index is -3.77. The molecule has 1 heterocycles. The quantitative estimate of drug-likeness (QED) is 0.525. The zero-order chi connectivity index (χ0) is 23.5. The number of nitrogens with two attached hydrogens (primary N) is 1. The molecule has 168 valence electrons. The van der Waals surface area contributed by atoms with Crippen molar-refractivity contribution in [3.05, 3.63) is 77.1 Å². The van der Waals surface area contributed by atoms with E-state index in [0.717, 1.165) is 5.56 Å². The van der Waals surface area contributed by atoms with Crippen LogP contribution in [0.1, 0.15) is 51.9 Å². The van der Waals surface area contributed by atoms with E-state index < -0.39 is 16.0 Å². The van der Waals surface area contributed by atoms with E-state index in [1.165, 1.54) is 18.3 Å². The summed E-state index contributed by atoms with van der Waals surface area (Å²) in [7, 11) is -3.77. The Balaban J connectivity index is 1.71. The number of ether oxygens (including phenoxy) is 1. The number of sulfonamides is 1. The number of nitrogens with zero attached hydrogens (tertiary/aromatic N) is 2. The Morgan fingerprint density at radius 2 is 1.75 bits per heavy atom. The molecule has 9 nitrogen and oxygen atoms in total. The van der Waals surface area contributed by atoms with Crippen LogP contribution in [0.2, 0.25) is 0 Å². The van der Waals surface area contributed by atoms with Crippen LogP contribution in [0, 0.1) is 6.92 Å². The fourth-order valence-electron chi connectivity index (χ4n) is 3.14. The van der Waals surface area contributed by atoms with Crippen LogP contribution in [0.5, 0.6) is 0 Å². The summed E-state index contributed by atoms with van der Waals surface area (Å²) in [6.45, 7) is 5.58. The highest BCUT2D eigenvalue weighted by Gasteiger charge is 2.17. The predicted molar refractivity (Wildman–Crippen MR) is 118 cm³/mol. The second-order valence-corrected chi connectivity index (χ2v) is 8.69. The van der Waals surface area contributed by atoms with E-state index in [4.69, 9.17) is 9.88 Å². The molecule has 0 aliphatic heterocycles. The van der Waals surface area contributed by atoms with Crippen molar-refractivity contribution in [2.75, 3.05) is 6.61 Å². The van der Waals surface area contributed by atoms with Gasteiger partial charge in [0.2, 0.25) is 10.0 Å². The Kier molecular flexibility index (Phi) is 6.75. The third-order valence-corrected chi connectivity index (χ3v) is 5.86. The number of hydrogen-bond donors (Lipinski definition) is 2. The van der Waals surface area contributed by atoms with Gasteiger partial charge in [-0.2, -0.15) is 5.10 Å². The second kappa shape index (κ2) is 9.33. The van der Waals surface area contributed by atoms with Crippen LogP contribution < -0.4 is 10.5 Å². The topological polar surface area (TPSA) is 133 Å². The Morgan fingerprint density at radius 3 is 2.31 bits per heavy atom. The number of carbonyl (C=O) groups is 2. The minimum absolute atomic E-state index is 0.00962. The molecule has 0 aliphatic rings. The average molecular weight is 457 g/mol. The maximum absolute atomic E-state index is 12.6. The standard InChI is InChI=1S/C22H24N4O5S/c1-4-31-22(28)20-13-24-26(15(20)3)18-9-5-17(6-10-18)21(27)25-14(2)16-7-11-19(12-8-16)32(23,29)30/h5-14H,4H2,1-3H3,(H,25,27)(H2,23,29,30). The predicted octanol–water partition coefficient (Wildman–Crippen LogP) is 2.50. The lowest BCUT2D eigenvalue weighted by Crippen LogP contribution is -2.26. The Hall–Kier alpha value is -3.50. The summed E-state index contributed by atoms with van der Waals surface area (Å²) in [5, 5.41) is 12.2. The summed E-state index contributed by atoms with van der Waals surface area (Å²) >= 11 is 0. The smallest absolute Gasteiger partial charge is 0.341 e. The third kappa shape index (κ3) is 5.04. The zero-order valence-corrected chi connectivity index (χ0v) is 18.7. The van der Waals surface area contributed by atoms with E-state index in [0.29, 0.717) is 22.5 Å². The van der Waals surface area contributed by atoms with E-state index >= 15 is 0 Å². The van der Waals surface area contributed by atoms with Crippen molar-refractivity contribution in [2.45, 2.75) is 31.7 Å². The summed E-state index contributed by atoms with van der Waals surface area (Å²) in [4.78, 5) is 24.6. The molecular formula is C22H24N4O5S. The van der Waals surface area contributed by atoms with Crippen molar-refractivity contribution in [2.24, 2.45) is 5.14 Å². The summed E-state index contributed by atoms with van der Waals surface area (Å²) in [5.41, 5.74) is 2.90. The Bertz CT molecular complexity index is 1230. The molecule has 0 saturated carbocycles. The normalized spacial score (nSPS) is 12.2. The van der Waals surface area contributed by atoms with Gasteiger partial charge in [-0.15, -0.1) is 0 Å². The molecule has 3 N–H and O–H groups in total. The summed E-state index contributed by atoms with van der Waals surface area (Å²) < 4.78 is 29.4. The zero-order valence-electron chi connectivity index (χ0n) is 17.9. The summed E-state index contributed by atoms with van der Waals surface area (Å²) in [6, 6.07) is 12.4. The number of esters is 1. The van der Waals surface area contributed by atoms with Crippen molar-refractivity contribution in [3.8, 4) is 5.69 Å². The summed E-state index contributed by atoms with van der Waals surface area (Å²) in [5.74, 6) is -0.720. The van der Waals surface area contributed by atoms with Gasteiger partial charge in [0.1, 0.15) is 5.56 Å². The molecule has 0 radical (unpaired) electrons. The average Bonchev–Trinajstić information content (AvgIpc) is 3.15. The fraction of sp³-hybridized carbons (Fsp3) is 0.227. The molecule has 2 aromatic carbocycles. The molecule has 0 aliphatic carbocycles. The van der Waals surface area contributed by atoms with Crippen LogP contribution in [0.4, 0.5) is 0 Å². The van der Waals surface area contributed by atoms with Crippen LogP contribution in [0.3, 0.4) is 0 Å². The number of carbonyl (C=O) groups excluding carboxylic acids is 2. The molecule has 0 spiro atoms. The molecule has 10 heteroatoms. The van der Waals surface area contributed by atoms with Gasteiger partial charge < -0.3 is 10.1 Å². The first-order chi connectivity index (χ1) is 15.1. The maximum atomic E-state index is 12.6. The van der Waals surface area contributed by atoms with E-state index in [2.05, 4.69) is 10.4 Å². The van der Waals surface area contributed by atoms with Gasteiger partial charge >= 0.3 is 5.97 Å². The van der Waals surface area contributed by atoms with Gasteiger partial charge in [-0.1, -0.05) is 12.1 Å². The highest BCUT2D eigenvalue weighted by molar-refractivity contribution is 7.89. The molecule has 3 aromatic rings. The van der Waals surface area contributed by atoms with Crippen molar-refractivity contribution in [1.29, 1.82) is 0 Å². The fourth-order valence-corrected chi connectivity index (χ4v) is 3.66. The van der Waals surface area contributed by atoms with Gasteiger partial charge in [0.15, 0.2) is 0 Å². The molecule has 1 aromatic heterocycles. The number of aromatic nitrogens is 2. The molecule has 1 atom stereocenters. The Labute approximate surface area is 186 Å². The van der Waals surface area contributed by atoms with Crippen LogP contribution in [0.15, 0.2) is 59.6 Å². The van der Waals surface area contributed by atoms with E-state index in [9.17, 15) is 18.0 Å². The lowest BCUT2D eigenvalue weighted by Gasteiger charge is -2.15. The molecule has 0 fully saturated rings. The number of nitrogens with one attached hydrogen (secondary N) is 1. The first-order valence-electron chi connectivity index (χ1n) is 9.87. The van der Waals surface area contributed by atoms with Crippen LogP contribution in [0.25, 0.3) is 5.69 Å². The van der Waals surface area contributed by atoms with Crippen LogP contribution in [-0.2, 0) is 14.8 Å². The second-order valence-electron chi connectivity index (χ2n) is 7.13. The van der Waals surface area contributed by atoms with E-state index in [-0.39, 0.29) is 23.5 Å². The van der Waals surface area contributed by atoms with E-state index in [1.807, 2.05) is 0 Å². The monoisotopic (exact) mass is 456 g/mol.